The minimum absolute atomic E-state index is 0.250. The Morgan fingerprint density at radius 1 is 0.842 bits per heavy atom. The molecule has 0 atom stereocenters. The third-order valence-electron chi connectivity index (χ3n) is 2.49. The van der Waals surface area contributed by atoms with Crippen molar-refractivity contribution >= 4 is 5.78 Å². The van der Waals surface area contributed by atoms with E-state index in [1.165, 1.54) is 0 Å². The summed E-state index contributed by atoms with van der Waals surface area (Å²) in [6.07, 6.45) is 1.05. The number of ketones is 1. The lowest BCUT2D eigenvalue weighted by Gasteiger charge is -2.01. The highest BCUT2D eigenvalue weighted by Gasteiger charge is 2.04. The standard InChI is InChI=1S/C15H14O.C2H6O/c16-15(11-13-7-3-1-4-8-13)12-14-9-5-2-6-10-14;1-2-3/h1-10H,11-12H2;3H,2H2,1H3. The van der Waals surface area contributed by atoms with E-state index in [2.05, 4.69) is 0 Å². The van der Waals surface area contributed by atoms with Crippen LogP contribution in [0, 0.1) is 0 Å². The van der Waals surface area contributed by atoms with Gasteiger partial charge in [-0.25, -0.2) is 0 Å². The zero-order chi connectivity index (χ0) is 13.9. The molecule has 1 N–H and O–H groups in total. The van der Waals surface area contributed by atoms with Crippen LogP contribution in [0.1, 0.15) is 18.1 Å². The van der Waals surface area contributed by atoms with Crippen molar-refractivity contribution < 1.29 is 9.90 Å². The number of Topliss-reactive ketones (excluding diaryl/α,β-unsaturated/α-hetero) is 1. The van der Waals surface area contributed by atoms with Crippen molar-refractivity contribution in [1.82, 2.24) is 0 Å². The van der Waals surface area contributed by atoms with Crippen LogP contribution in [0.3, 0.4) is 0 Å². The quantitative estimate of drug-likeness (QED) is 0.913. The Hall–Kier alpha value is -1.93. The first-order valence-corrected chi connectivity index (χ1v) is 6.46. The van der Waals surface area contributed by atoms with E-state index < -0.39 is 0 Å². The van der Waals surface area contributed by atoms with Crippen molar-refractivity contribution in [3.8, 4) is 0 Å². The summed E-state index contributed by atoms with van der Waals surface area (Å²) in [4.78, 5) is 11.8. The van der Waals surface area contributed by atoms with E-state index in [-0.39, 0.29) is 12.4 Å². The normalized spacial score (nSPS) is 9.37. The molecule has 0 aliphatic carbocycles. The highest BCUT2D eigenvalue weighted by molar-refractivity contribution is 5.83. The van der Waals surface area contributed by atoms with Gasteiger partial charge in [0.1, 0.15) is 5.78 Å². The molecule has 2 aromatic carbocycles. The maximum absolute atomic E-state index is 11.8. The van der Waals surface area contributed by atoms with Gasteiger partial charge in [0.15, 0.2) is 0 Å². The fourth-order valence-corrected chi connectivity index (χ4v) is 1.71. The van der Waals surface area contributed by atoms with Gasteiger partial charge < -0.3 is 5.11 Å². The van der Waals surface area contributed by atoms with Crippen molar-refractivity contribution in [2.75, 3.05) is 6.61 Å². The Morgan fingerprint density at radius 3 is 1.47 bits per heavy atom. The second-order valence-corrected chi connectivity index (χ2v) is 4.18. The Kier molecular flexibility index (Phi) is 7.21. The summed E-state index contributed by atoms with van der Waals surface area (Å²) in [5.74, 6) is 0.261. The van der Waals surface area contributed by atoms with Gasteiger partial charge in [0.25, 0.3) is 0 Å². The molecular weight excluding hydrogens is 236 g/mol. The Balaban J connectivity index is 0.000000550. The van der Waals surface area contributed by atoms with Gasteiger partial charge in [-0.2, -0.15) is 0 Å². The van der Waals surface area contributed by atoms with Gasteiger partial charge in [0.05, 0.1) is 0 Å². The average Bonchev–Trinajstić information content (AvgIpc) is 2.41. The first-order chi connectivity index (χ1) is 9.26. The van der Waals surface area contributed by atoms with Crippen LogP contribution in [0.4, 0.5) is 0 Å². The van der Waals surface area contributed by atoms with E-state index in [1.54, 1.807) is 6.92 Å². The van der Waals surface area contributed by atoms with Gasteiger partial charge in [-0.1, -0.05) is 60.7 Å². The van der Waals surface area contributed by atoms with Crippen LogP contribution >= 0.6 is 0 Å². The highest BCUT2D eigenvalue weighted by atomic mass is 16.2. The lowest BCUT2D eigenvalue weighted by molar-refractivity contribution is -0.117. The Labute approximate surface area is 114 Å². The lowest BCUT2D eigenvalue weighted by Crippen LogP contribution is -2.06. The van der Waals surface area contributed by atoms with E-state index >= 15 is 0 Å². The van der Waals surface area contributed by atoms with Crippen molar-refractivity contribution in [3.63, 3.8) is 0 Å². The summed E-state index contributed by atoms with van der Waals surface area (Å²) in [6, 6.07) is 19.7. The number of carbonyl (C=O) groups is 1. The van der Waals surface area contributed by atoms with Crippen molar-refractivity contribution in [3.05, 3.63) is 71.8 Å². The molecule has 19 heavy (non-hydrogen) atoms. The van der Waals surface area contributed by atoms with Crippen LogP contribution in [0.2, 0.25) is 0 Å². The third-order valence-corrected chi connectivity index (χ3v) is 2.49. The molecule has 0 saturated heterocycles. The van der Waals surface area contributed by atoms with Gasteiger partial charge in [-0.15, -0.1) is 0 Å². The fraction of sp³-hybridized carbons (Fsp3) is 0.235. The van der Waals surface area contributed by atoms with E-state index in [9.17, 15) is 4.79 Å². The van der Waals surface area contributed by atoms with Crippen LogP contribution in [0.15, 0.2) is 60.7 Å². The van der Waals surface area contributed by atoms with E-state index in [1.807, 2.05) is 60.7 Å². The average molecular weight is 256 g/mol. The molecule has 100 valence electrons. The summed E-state index contributed by atoms with van der Waals surface area (Å²) in [7, 11) is 0. The number of hydrogen-bond donors (Lipinski definition) is 1. The molecule has 0 aromatic heterocycles. The zero-order valence-electron chi connectivity index (χ0n) is 11.3. The van der Waals surface area contributed by atoms with Crippen LogP contribution in [0.5, 0.6) is 0 Å². The van der Waals surface area contributed by atoms with Gasteiger partial charge in [-0.3, -0.25) is 4.79 Å². The van der Waals surface area contributed by atoms with Gasteiger partial charge >= 0.3 is 0 Å². The summed E-state index contributed by atoms with van der Waals surface area (Å²) < 4.78 is 0. The molecule has 2 rings (SSSR count). The van der Waals surface area contributed by atoms with Crippen LogP contribution in [-0.4, -0.2) is 17.5 Å². The largest absolute Gasteiger partial charge is 0.397 e. The molecule has 0 unspecified atom stereocenters. The van der Waals surface area contributed by atoms with Gasteiger partial charge in [-0.05, 0) is 18.1 Å². The molecule has 2 heteroatoms. The molecule has 0 saturated carbocycles. The Morgan fingerprint density at radius 2 is 1.16 bits per heavy atom. The summed E-state index contributed by atoms with van der Waals surface area (Å²) in [6.45, 7) is 1.93. The Bertz CT molecular complexity index is 420. The SMILES string of the molecule is CCO.O=C(Cc1ccccc1)Cc1ccccc1. The summed E-state index contributed by atoms with van der Waals surface area (Å²) >= 11 is 0. The molecule has 2 nitrogen and oxygen atoms in total. The second-order valence-electron chi connectivity index (χ2n) is 4.18. The number of aliphatic hydroxyl groups is 1. The molecule has 0 aliphatic rings. The van der Waals surface area contributed by atoms with Crippen molar-refractivity contribution in [2.45, 2.75) is 19.8 Å². The molecule has 0 amide bonds. The monoisotopic (exact) mass is 256 g/mol. The first-order valence-electron chi connectivity index (χ1n) is 6.46. The number of carbonyl (C=O) groups excluding carboxylic acids is 1. The maximum Gasteiger partial charge on any atom is 0.141 e. The number of rotatable bonds is 4. The van der Waals surface area contributed by atoms with E-state index in [0.717, 1.165) is 11.1 Å². The molecule has 0 bridgehead atoms. The predicted molar refractivity (Wildman–Crippen MR) is 78.1 cm³/mol. The highest BCUT2D eigenvalue weighted by Crippen LogP contribution is 2.05. The molecule has 0 radical (unpaired) electrons. The van der Waals surface area contributed by atoms with E-state index in [0.29, 0.717) is 12.8 Å². The lowest BCUT2D eigenvalue weighted by atomic mass is 10.0. The first kappa shape index (κ1) is 15.1. The predicted octanol–water partition coefficient (Wildman–Crippen LogP) is 3.04. The van der Waals surface area contributed by atoms with Crippen LogP contribution < -0.4 is 0 Å². The summed E-state index contributed by atoms with van der Waals surface area (Å²) in [5, 5.41) is 7.57. The van der Waals surface area contributed by atoms with Gasteiger partial charge in [0.2, 0.25) is 0 Å². The second kappa shape index (κ2) is 9.06. The number of aliphatic hydroxyl groups excluding tert-OH is 1. The number of benzene rings is 2. The van der Waals surface area contributed by atoms with Gasteiger partial charge in [0, 0.05) is 19.4 Å². The number of hydrogen-bond acceptors (Lipinski definition) is 2. The molecule has 0 spiro atoms. The van der Waals surface area contributed by atoms with Crippen molar-refractivity contribution in [2.24, 2.45) is 0 Å². The van der Waals surface area contributed by atoms with Crippen molar-refractivity contribution in [1.29, 1.82) is 0 Å². The minimum atomic E-state index is 0.250. The molecule has 2 aromatic rings. The maximum atomic E-state index is 11.8. The van der Waals surface area contributed by atoms with E-state index in [4.69, 9.17) is 5.11 Å². The molecule has 0 fully saturated rings. The zero-order valence-corrected chi connectivity index (χ0v) is 11.3. The fourth-order valence-electron chi connectivity index (χ4n) is 1.71. The topological polar surface area (TPSA) is 37.3 Å². The molecular formula is C17H20O2. The molecule has 0 aliphatic heterocycles. The van der Waals surface area contributed by atoms with Crippen LogP contribution in [-0.2, 0) is 17.6 Å². The smallest absolute Gasteiger partial charge is 0.141 e. The summed E-state index contributed by atoms with van der Waals surface area (Å²) in [5.41, 5.74) is 2.17. The third kappa shape index (κ3) is 6.53. The minimum Gasteiger partial charge on any atom is -0.397 e. The van der Waals surface area contributed by atoms with Crippen LogP contribution in [0.25, 0.3) is 0 Å². The molecule has 0 heterocycles.